The van der Waals surface area contributed by atoms with E-state index in [9.17, 15) is 8.78 Å². The normalized spacial score (nSPS) is 16.6. The molecular formula is C23H26BrF2N7O. The molecule has 1 aromatic carbocycles. The summed E-state index contributed by atoms with van der Waals surface area (Å²) in [5, 5.41) is 15.0. The molecule has 1 aliphatic carbocycles. The van der Waals surface area contributed by atoms with Gasteiger partial charge in [-0.15, -0.1) is 10.2 Å². The topological polar surface area (TPSA) is 89.8 Å². The molecule has 11 heteroatoms. The van der Waals surface area contributed by atoms with Gasteiger partial charge in [0.2, 0.25) is 5.95 Å². The van der Waals surface area contributed by atoms with Gasteiger partial charge < -0.3 is 19.9 Å². The minimum absolute atomic E-state index is 0.112. The number of aromatic nitrogens is 5. The van der Waals surface area contributed by atoms with Crippen LogP contribution in [0, 0.1) is 11.6 Å². The van der Waals surface area contributed by atoms with E-state index >= 15 is 0 Å². The van der Waals surface area contributed by atoms with Crippen LogP contribution in [0.25, 0.3) is 0 Å². The monoisotopic (exact) mass is 533 g/mol. The molecule has 0 radical (unpaired) electrons. The van der Waals surface area contributed by atoms with Gasteiger partial charge in [0.05, 0.1) is 23.3 Å². The van der Waals surface area contributed by atoms with Crippen LogP contribution in [0.4, 0.5) is 20.5 Å². The Morgan fingerprint density at radius 2 is 1.97 bits per heavy atom. The summed E-state index contributed by atoms with van der Waals surface area (Å²) in [6, 6.07) is 2.34. The Hall–Kier alpha value is -2.66. The molecule has 0 spiro atoms. The van der Waals surface area contributed by atoms with Crippen LogP contribution >= 0.6 is 15.9 Å². The number of halogens is 3. The Balaban J connectivity index is 1.42. The maximum atomic E-state index is 14.3. The summed E-state index contributed by atoms with van der Waals surface area (Å²) in [5.41, 5.74) is 2.26. The molecule has 0 fully saturated rings. The number of nitrogens with zero attached hydrogens (tertiary/aromatic N) is 5. The van der Waals surface area contributed by atoms with E-state index < -0.39 is 11.6 Å². The summed E-state index contributed by atoms with van der Waals surface area (Å²) < 4.78 is 35.7. The molecule has 2 aromatic heterocycles. The fourth-order valence-corrected chi connectivity index (χ4v) is 4.95. The highest BCUT2D eigenvalue weighted by molar-refractivity contribution is 9.10. The van der Waals surface area contributed by atoms with Gasteiger partial charge in [0.25, 0.3) is 0 Å². The van der Waals surface area contributed by atoms with E-state index in [-0.39, 0.29) is 16.4 Å². The lowest BCUT2D eigenvalue weighted by Crippen LogP contribution is -2.28. The van der Waals surface area contributed by atoms with Crippen LogP contribution in [-0.2, 0) is 42.8 Å². The first-order chi connectivity index (χ1) is 16.3. The first-order valence-electron chi connectivity index (χ1n) is 11.3. The Labute approximate surface area is 204 Å². The first-order valence-corrected chi connectivity index (χ1v) is 12.1. The van der Waals surface area contributed by atoms with E-state index in [4.69, 9.17) is 14.7 Å². The summed E-state index contributed by atoms with van der Waals surface area (Å²) in [6.45, 7) is 6.75. The van der Waals surface area contributed by atoms with Crippen LogP contribution in [0.2, 0.25) is 0 Å². The van der Waals surface area contributed by atoms with Crippen LogP contribution in [0.5, 0.6) is 0 Å². The van der Waals surface area contributed by atoms with Crippen LogP contribution in [0.1, 0.15) is 55.2 Å². The Morgan fingerprint density at radius 1 is 1.12 bits per heavy atom. The summed E-state index contributed by atoms with van der Waals surface area (Å²) in [4.78, 5) is 9.59. The number of rotatable bonds is 6. The number of fused-ring (bicyclic) bond motifs is 2. The number of hydrogen-bond acceptors (Lipinski definition) is 7. The Morgan fingerprint density at radius 3 is 2.82 bits per heavy atom. The molecule has 1 aliphatic heterocycles. The zero-order valence-corrected chi connectivity index (χ0v) is 20.7. The molecule has 180 valence electrons. The quantitative estimate of drug-likeness (QED) is 0.451. The lowest BCUT2D eigenvalue weighted by Gasteiger charge is -2.32. The molecule has 0 atom stereocenters. The summed E-state index contributed by atoms with van der Waals surface area (Å²) >= 11 is 3.13. The predicted molar refractivity (Wildman–Crippen MR) is 126 cm³/mol. The van der Waals surface area contributed by atoms with E-state index in [2.05, 4.69) is 50.6 Å². The minimum Gasteiger partial charge on any atom is -0.372 e. The van der Waals surface area contributed by atoms with Crippen molar-refractivity contribution in [1.82, 2.24) is 24.7 Å². The number of hydrogen-bond donors (Lipinski definition) is 2. The molecule has 0 unspecified atom stereocenters. The van der Waals surface area contributed by atoms with Gasteiger partial charge in [0.15, 0.2) is 11.6 Å². The SMILES string of the molecule is CC1(C)CCCc2c(NCc3cc(Br)c(F)cc3F)nc(NCc3nnc4n3CCOC4)nc21. The van der Waals surface area contributed by atoms with E-state index in [1.54, 1.807) is 0 Å². The van der Waals surface area contributed by atoms with Gasteiger partial charge in [-0.1, -0.05) is 13.8 Å². The standard InChI is InChI=1S/C23H26BrF2N7O/c1-23(2)5-3-4-14-20(23)29-22(28-11-18-31-32-19-12-34-7-6-33(18)19)30-21(14)27-10-13-8-15(24)17(26)9-16(13)25/h8-9H,3-7,10-12H2,1-2H3,(H2,27,28,29,30). The van der Waals surface area contributed by atoms with Crippen LogP contribution in [0.15, 0.2) is 16.6 Å². The molecule has 0 bridgehead atoms. The second-order valence-corrected chi connectivity index (χ2v) is 10.1. The van der Waals surface area contributed by atoms with Crippen molar-refractivity contribution in [3.05, 3.63) is 56.7 Å². The number of anilines is 2. The van der Waals surface area contributed by atoms with E-state index in [1.165, 1.54) is 6.07 Å². The Bertz CT molecular complexity index is 1230. The van der Waals surface area contributed by atoms with E-state index in [0.717, 1.165) is 48.2 Å². The average Bonchev–Trinajstić information content (AvgIpc) is 3.22. The van der Waals surface area contributed by atoms with Gasteiger partial charge >= 0.3 is 0 Å². The Kier molecular flexibility index (Phi) is 6.24. The maximum absolute atomic E-state index is 14.3. The van der Waals surface area contributed by atoms with Crippen LogP contribution in [0.3, 0.4) is 0 Å². The van der Waals surface area contributed by atoms with Crippen molar-refractivity contribution in [2.45, 2.75) is 64.8 Å². The van der Waals surface area contributed by atoms with Crippen LogP contribution < -0.4 is 10.6 Å². The number of ether oxygens (including phenoxy) is 1. The molecule has 3 heterocycles. The molecule has 8 nitrogen and oxygen atoms in total. The molecule has 0 amide bonds. The minimum atomic E-state index is -0.629. The fourth-order valence-electron chi connectivity index (χ4n) is 4.55. The number of benzene rings is 1. The van der Waals surface area contributed by atoms with Crippen LogP contribution in [-0.4, -0.2) is 31.3 Å². The smallest absolute Gasteiger partial charge is 0.225 e. The lowest BCUT2D eigenvalue weighted by atomic mass is 9.76. The van der Waals surface area contributed by atoms with Crippen molar-refractivity contribution in [3.8, 4) is 0 Å². The van der Waals surface area contributed by atoms with Gasteiger partial charge in [0, 0.05) is 35.7 Å². The summed E-state index contributed by atoms with van der Waals surface area (Å²) in [5.74, 6) is 1.52. The zero-order valence-electron chi connectivity index (χ0n) is 19.1. The van der Waals surface area contributed by atoms with Gasteiger partial charge in [-0.25, -0.2) is 13.8 Å². The van der Waals surface area contributed by atoms with Crippen molar-refractivity contribution in [2.24, 2.45) is 0 Å². The second-order valence-electron chi connectivity index (χ2n) is 9.26. The van der Waals surface area contributed by atoms with Crippen molar-refractivity contribution in [3.63, 3.8) is 0 Å². The van der Waals surface area contributed by atoms with Crippen molar-refractivity contribution in [2.75, 3.05) is 17.2 Å². The third-order valence-electron chi connectivity index (χ3n) is 6.41. The largest absolute Gasteiger partial charge is 0.372 e. The third-order valence-corrected chi connectivity index (χ3v) is 7.02. The molecule has 2 aliphatic rings. The number of nitrogens with one attached hydrogen (secondary N) is 2. The molecule has 5 rings (SSSR count). The lowest BCUT2D eigenvalue weighted by molar-refractivity contribution is 0.0807. The first kappa shape index (κ1) is 23.1. The highest BCUT2D eigenvalue weighted by atomic mass is 79.9. The molecule has 3 aromatic rings. The van der Waals surface area contributed by atoms with Gasteiger partial charge in [0.1, 0.15) is 24.1 Å². The van der Waals surface area contributed by atoms with E-state index in [0.29, 0.717) is 43.6 Å². The fraction of sp³-hybridized carbons (Fsp3) is 0.478. The second kappa shape index (κ2) is 9.18. The maximum Gasteiger partial charge on any atom is 0.225 e. The average molecular weight is 534 g/mol. The highest BCUT2D eigenvalue weighted by Crippen LogP contribution is 2.39. The zero-order chi connectivity index (χ0) is 23.9. The van der Waals surface area contributed by atoms with Gasteiger partial charge in [-0.05, 0) is 41.3 Å². The van der Waals surface area contributed by atoms with Gasteiger partial charge in [-0.3, -0.25) is 0 Å². The highest BCUT2D eigenvalue weighted by Gasteiger charge is 2.32. The molecule has 2 N–H and O–H groups in total. The van der Waals surface area contributed by atoms with Crippen molar-refractivity contribution < 1.29 is 13.5 Å². The molecule has 0 saturated carbocycles. The van der Waals surface area contributed by atoms with Gasteiger partial charge in [-0.2, -0.15) is 4.98 Å². The molecular weight excluding hydrogens is 508 g/mol. The molecule has 34 heavy (non-hydrogen) atoms. The third kappa shape index (κ3) is 4.50. The predicted octanol–water partition coefficient (Wildman–Crippen LogP) is 4.48. The van der Waals surface area contributed by atoms with E-state index in [1.807, 2.05) is 4.57 Å². The summed E-state index contributed by atoms with van der Waals surface area (Å²) in [7, 11) is 0. The van der Waals surface area contributed by atoms with Crippen molar-refractivity contribution >= 4 is 27.7 Å². The molecule has 0 saturated heterocycles. The van der Waals surface area contributed by atoms with Crippen molar-refractivity contribution in [1.29, 1.82) is 0 Å². The summed E-state index contributed by atoms with van der Waals surface area (Å²) in [6.07, 6.45) is 2.89.